The summed E-state index contributed by atoms with van der Waals surface area (Å²) in [5.41, 5.74) is 0. The van der Waals surface area contributed by atoms with Crippen LogP contribution < -0.4 is 0 Å². The highest BCUT2D eigenvalue weighted by molar-refractivity contribution is 4.93. The van der Waals surface area contributed by atoms with E-state index in [1.54, 1.807) is 0 Å². The van der Waals surface area contributed by atoms with Crippen LogP contribution in [0.15, 0.2) is 0 Å². The van der Waals surface area contributed by atoms with Gasteiger partial charge in [0.05, 0.1) is 12.7 Å². The van der Waals surface area contributed by atoms with Crippen LogP contribution in [-0.4, -0.2) is 62.1 Å². The van der Waals surface area contributed by atoms with E-state index in [1.165, 1.54) is 0 Å². The normalized spacial score (nSPS) is 30.6. The van der Waals surface area contributed by atoms with E-state index < -0.39 is 6.10 Å². The summed E-state index contributed by atoms with van der Waals surface area (Å²) in [7, 11) is 0. The molecule has 0 aromatic carbocycles. The average Bonchev–Trinajstić information content (AvgIpc) is 2.58. The Morgan fingerprint density at radius 2 is 1.38 bits per heavy atom. The molecular weight excluding hydrogens is 308 g/mol. The molecule has 1 aliphatic rings. The van der Waals surface area contributed by atoms with Crippen LogP contribution >= 0.6 is 0 Å². The van der Waals surface area contributed by atoms with Crippen LogP contribution in [0.1, 0.15) is 66.2 Å². The molecule has 24 heavy (non-hydrogen) atoms. The molecule has 0 aromatic heterocycles. The molecule has 5 nitrogen and oxygen atoms in total. The van der Waals surface area contributed by atoms with Crippen molar-refractivity contribution in [3.63, 3.8) is 0 Å². The maximum Gasteiger partial charge on any atom is 0.115 e. The largest absolute Gasteiger partial charge is 0.388 e. The Bertz CT molecular complexity index is 299. The van der Waals surface area contributed by atoms with Gasteiger partial charge in [0, 0.05) is 19.8 Å². The Kier molecular flexibility index (Phi) is 11.9. The van der Waals surface area contributed by atoms with Crippen molar-refractivity contribution < 1.29 is 24.1 Å². The second kappa shape index (κ2) is 13.1. The number of rotatable bonds is 13. The summed E-state index contributed by atoms with van der Waals surface area (Å²) in [5.74, 6) is 0. The molecule has 1 heterocycles. The Morgan fingerprint density at radius 3 is 1.96 bits per heavy atom. The molecule has 1 aliphatic heterocycles. The molecule has 0 aliphatic carbocycles. The van der Waals surface area contributed by atoms with Crippen molar-refractivity contribution in [1.82, 2.24) is 0 Å². The van der Waals surface area contributed by atoms with Crippen molar-refractivity contribution >= 4 is 0 Å². The van der Waals surface area contributed by atoms with E-state index >= 15 is 0 Å². The fraction of sp³-hybridized carbons (Fsp3) is 1.00. The van der Waals surface area contributed by atoms with Crippen LogP contribution in [0.2, 0.25) is 0 Å². The molecule has 0 saturated carbocycles. The zero-order chi connectivity index (χ0) is 17.8. The first kappa shape index (κ1) is 21.8. The van der Waals surface area contributed by atoms with Gasteiger partial charge in [-0.1, -0.05) is 40.0 Å². The summed E-state index contributed by atoms with van der Waals surface area (Å²) in [6.45, 7) is 10.8. The van der Waals surface area contributed by atoms with E-state index in [1.807, 2.05) is 6.92 Å². The summed E-state index contributed by atoms with van der Waals surface area (Å²) in [6.07, 6.45) is 4.52. The zero-order valence-corrected chi connectivity index (χ0v) is 16.0. The molecule has 0 bridgehead atoms. The zero-order valence-electron chi connectivity index (χ0n) is 16.0. The molecule has 2 unspecified atom stereocenters. The van der Waals surface area contributed by atoms with Gasteiger partial charge in [-0.25, -0.2) is 0 Å². The minimum Gasteiger partial charge on any atom is -0.388 e. The maximum atomic E-state index is 10.5. The lowest BCUT2D eigenvalue weighted by Crippen LogP contribution is -2.60. The summed E-state index contributed by atoms with van der Waals surface area (Å²) in [5, 5.41) is 10.5. The van der Waals surface area contributed by atoms with Gasteiger partial charge in [0.1, 0.15) is 24.4 Å². The van der Waals surface area contributed by atoms with Crippen molar-refractivity contribution in [1.29, 1.82) is 0 Å². The summed E-state index contributed by atoms with van der Waals surface area (Å²) < 4.78 is 23.8. The minimum absolute atomic E-state index is 0.191. The van der Waals surface area contributed by atoms with Crippen molar-refractivity contribution in [3.8, 4) is 0 Å². The first-order valence-corrected chi connectivity index (χ1v) is 9.80. The number of unbranched alkanes of at least 4 members (excludes halogenated alkanes) is 3. The first-order chi connectivity index (χ1) is 11.7. The van der Waals surface area contributed by atoms with Gasteiger partial charge in [-0.05, 0) is 26.2 Å². The van der Waals surface area contributed by atoms with Gasteiger partial charge in [-0.15, -0.1) is 0 Å². The number of ether oxygens (including phenoxy) is 4. The predicted molar refractivity (Wildman–Crippen MR) is 95.4 cm³/mol. The van der Waals surface area contributed by atoms with Gasteiger partial charge < -0.3 is 24.1 Å². The second-order valence-electron chi connectivity index (χ2n) is 6.68. The van der Waals surface area contributed by atoms with E-state index in [-0.39, 0.29) is 24.4 Å². The Labute approximate surface area is 148 Å². The average molecular weight is 347 g/mol. The van der Waals surface area contributed by atoms with Gasteiger partial charge in [0.15, 0.2) is 0 Å². The fourth-order valence-electron chi connectivity index (χ4n) is 2.81. The number of aliphatic hydroxyl groups excluding tert-OH is 1. The van der Waals surface area contributed by atoms with Crippen LogP contribution in [-0.2, 0) is 18.9 Å². The van der Waals surface area contributed by atoms with Crippen LogP contribution in [0.3, 0.4) is 0 Å². The number of hydrogen-bond donors (Lipinski definition) is 1. The van der Waals surface area contributed by atoms with E-state index in [9.17, 15) is 5.11 Å². The Balaban J connectivity index is 2.68. The molecule has 1 N–H and O–H groups in total. The van der Waals surface area contributed by atoms with Gasteiger partial charge in [-0.2, -0.15) is 0 Å². The molecular formula is C19H38O5. The Hall–Kier alpha value is -0.200. The molecule has 0 spiro atoms. The van der Waals surface area contributed by atoms with Crippen LogP contribution in [0.25, 0.3) is 0 Å². The van der Waals surface area contributed by atoms with E-state index in [4.69, 9.17) is 18.9 Å². The third kappa shape index (κ3) is 7.36. The highest BCUT2D eigenvalue weighted by Gasteiger charge is 2.45. The topological polar surface area (TPSA) is 57.2 Å². The molecule has 0 amide bonds. The monoisotopic (exact) mass is 346 g/mol. The second-order valence-corrected chi connectivity index (χ2v) is 6.68. The highest BCUT2D eigenvalue weighted by Crippen LogP contribution is 2.26. The highest BCUT2D eigenvalue weighted by atomic mass is 16.6. The van der Waals surface area contributed by atoms with Gasteiger partial charge in [0.2, 0.25) is 0 Å². The van der Waals surface area contributed by atoms with E-state index in [0.29, 0.717) is 19.8 Å². The maximum absolute atomic E-state index is 10.5. The molecule has 0 aromatic rings. The van der Waals surface area contributed by atoms with Gasteiger partial charge in [-0.3, -0.25) is 0 Å². The SMILES string of the molecule is CCCCOCC1O[C@@H](C)C(O)[C@@H](OCCCC)[C@@H]1OCCCC. The van der Waals surface area contributed by atoms with Crippen molar-refractivity contribution in [2.45, 2.75) is 96.7 Å². The predicted octanol–water partition coefficient (Wildman–Crippen LogP) is 3.32. The van der Waals surface area contributed by atoms with Crippen LogP contribution in [0.4, 0.5) is 0 Å². The lowest BCUT2D eigenvalue weighted by atomic mass is 9.95. The number of hydrogen-bond acceptors (Lipinski definition) is 5. The minimum atomic E-state index is -0.666. The van der Waals surface area contributed by atoms with Crippen LogP contribution in [0.5, 0.6) is 0 Å². The lowest BCUT2D eigenvalue weighted by molar-refractivity contribution is -0.252. The molecule has 5 atom stereocenters. The lowest BCUT2D eigenvalue weighted by Gasteiger charge is -2.43. The smallest absolute Gasteiger partial charge is 0.115 e. The summed E-state index contributed by atoms with van der Waals surface area (Å²) in [4.78, 5) is 0. The summed E-state index contributed by atoms with van der Waals surface area (Å²) >= 11 is 0. The van der Waals surface area contributed by atoms with Crippen molar-refractivity contribution in [3.05, 3.63) is 0 Å². The number of aliphatic hydroxyl groups is 1. The van der Waals surface area contributed by atoms with Gasteiger partial charge >= 0.3 is 0 Å². The molecule has 5 heteroatoms. The molecule has 0 radical (unpaired) electrons. The third-order valence-corrected chi connectivity index (χ3v) is 4.44. The molecule has 1 rings (SSSR count). The van der Waals surface area contributed by atoms with E-state index in [0.717, 1.165) is 45.1 Å². The molecule has 1 saturated heterocycles. The Morgan fingerprint density at radius 1 is 0.833 bits per heavy atom. The standard InChI is InChI=1S/C19H38O5/c1-5-8-11-21-14-16-18(22-12-9-6-2)19(23-13-10-7-3)17(20)15(4)24-16/h15-20H,5-14H2,1-4H3/t15-,16?,17?,18+,19+/m0/s1. The summed E-state index contributed by atoms with van der Waals surface area (Å²) in [6, 6.07) is 0. The van der Waals surface area contributed by atoms with Crippen LogP contribution in [0, 0.1) is 0 Å². The first-order valence-electron chi connectivity index (χ1n) is 9.80. The fourth-order valence-corrected chi connectivity index (χ4v) is 2.81. The van der Waals surface area contributed by atoms with Crippen molar-refractivity contribution in [2.24, 2.45) is 0 Å². The molecule has 144 valence electrons. The van der Waals surface area contributed by atoms with Crippen molar-refractivity contribution in [2.75, 3.05) is 26.4 Å². The quantitative estimate of drug-likeness (QED) is 0.519. The third-order valence-electron chi connectivity index (χ3n) is 4.44. The van der Waals surface area contributed by atoms with E-state index in [2.05, 4.69) is 20.8 Å². The molecule has 1 fully saturated rings. The van der Waals surface area contributed by atoms with Gasteiger partial charge in [0.25, 0.3) is 0 Å².